The molecule has 0 aromatic carbocycles. The van der Waals surface area contributed by atoms with Gasteiger partial charge in [0.05, 0.1) is 11.0 Å². The fourth-order valence-corrected chi connectivity index (χ4v) is 4.54. The third-order valence-electron chi connectivity index (χ3n) is 4.29. The summed E-state index contributed by atoms with van der Waals surface area (Å²) in [7, 11) is 0. The van der Waals surface area contributed by atoms with Crippen molar-refractivity contribution in [2.75, 3.05) is 6.61 Å². The number of aromatic nitrogens is 2. The highest BCUT2D eigenvalue weighted by Gasteiger charge is 2.31. The summed E-state index contributed by atoms with van der Waals surface area (Å²) in [6.45, 7) is 8.84. The van der Waals surface area contributed by atoms with Crippen molar-refractivity contribution in [3.05, 3.63) is 25.6 Å². The summed E-state index contributed by atoms with van der Waals surface area (Å²) in [4.78, 5) is 18.2. The van der Waals surface area contributed by atoms with Gasteiger partial charge in [-0.2, -0.15) is 0 Å². The molecule has 1 fully saturated rings. The van der Waals surface area contributed by atoms with Crippen molar-refractivity contribution in [1.82, 2.24) is 9.55 Å². The molecule has 3 rings (SSSR count). The van der Waals surface area contributed by atoms with Crippen molar-refractivity contribution in [2.45, 2.75) is 52.2 Å². The van der Waals surface area contributed by atoms with Crippen LogP contribution in [0.4, 0.5) is 0 Å². The van der Waals surface area contributed by atoms with E-state index >= 15 is 0 Å². The van der Waals surface area contributed by atoms with Crippen LogP contribution in [-0.4, -0.2) is 21.8 Å². The molecule has 21 heavy (non-hydrogen) atoms. The Kier molecular flexibility index (Phi) is 3.58. The molecule has 1 saturated heterocycles. The molecule has 0 radical (unpaired) electrons. The Morgan fingerprint density at radius 1 is 1.43 bits per heavy atom. The van der Waals surface area contributed by atoms with Gasteiger partial charge in [-0.25, -0.2) is 0 Å². The molecule has 6 heteroatoms. The van der Waals surface area contributed by atoms with E-state index in [2.05, 4.69) is 18.8 Å². The van der Waals surface area contributed by atoms with Gasteiger partial charge in [0, 0.05) is 17.5 Å². The number of aromatic amines is 1. The van der Waals surface area contributed by atoms with E-state index in [4.69, 9.17) is 17.0 Å². The molecule has 0 spiro atoms. The van der Waals surface area contributed by atoms with Crippen molar-refractivity contribution >= 4 is 33.8 Å². The molecule has 0 bridgehead atoms. The lowest BCUT2D eigenvalue weighted by Crippen LogP contribution is -2.38. The SMILES string of the molecule is Cc1sc2[nH]c(=S)n(C3CCOC(C)(C)C3)c(=O)c2c1C. The Labute approximate surface area is 132 Å². The summed E-state index contributed by atoms with van der Waals surface area (Å²) in [6.07, 6.45) is 1.63. The van der Waals surface area contributed by atoms with Crippen LogP contribution < -0.4 is 5.56 Å². The molecule has 0 aliphatic carbocycles. The zero-order valence-electron chi connectivity index (χ0n) is 12.8. The topological polar surface area (TPSA) is 47.0 Å². The Bertz CT molecular complexity index is 813. The number of ether oxygens (including phenoxy) is 1. The van der Waals surface area contributed by atoms with Gasteiger partial charge in [-0.05, 0) is 58.3 Å². The lowest BCUT2D eigenvalue weighted by atomic mass is 9.94. The maximum Gasteiger partial charge on any atom is 0.263 e. The number of rotatable bonds is 1. The number of thiophene rings is 1. The lowest BCUT2D eigenvalue weighted by molar-refractivity contribution is -0.0698. The number of nitrogens with zero attached hydrogens (tertiary/aromatic N) is 1. The first-order chi connectivity index (χ1) is 9.80. The fraction of sp³-hybridized carbons (Fsp3) is 0.600. The summed E-state index contributed by atoms with van der Waals surface area (Å²) in [5.41, 5.74) is 0.892. The lowest BCUT2D eigenvalue weighted by Gasteiger charge is -2.36. The van der Waals surface area contributed by atoms with Crippen molar-refractivity contribution < 1.29 is 4.74 Å². The number of hydrogen-bond donors (Lipinski definition) is 1. The van der Waals surface area contributed by atoms with Crippen LogP contribution in [0.15, 0.2) is 4.79 Å². The molecule has 2 aromatic rings. The van der Waals surface area contributed by atoms with E-state index in [1.165, 1.54) is 0 Å². The van der Waals surface area contributed by atoms with E-state index in [1.807, 2.05) is 13.8 Å². The zero-order valence-corrected chi connectivity index (χ0v) is 14.4. The van der Waals surface area contributed by atoms with E-state index in [1.54, 1.807) is 15.9 Å². The van der Waals surface area contributed by atoms with Gasteiger partial charge in [-0.15, -0.1) is 11.3 Å². The fourth-order valence-electron chi connectivity index (χ4n) is 3.09. The molecule has 4 nitrogen and oxygen atoms in total. The number of aryl methyl sites for hydroxylation is 2. The Morgan fingerprint density at radius 2 is 2.14 bits per heavy atom. The molecule has 1 atom stereocenters. The first-order valence-corrected chi connectivity index (χ1v) is 8.41. The average Bonchev–Trinajstić information content (AvgIpc) is 2.63. The van der Waals surface area contributed by atoms with Crippen molar-refractivity contribution in [3.63, 3.8) is 0 Å². The van der Waals surface area contributed by atoms with Crippen LogP contribution in [-0.2, 0) is 4.74 Å². The predicted octanol–water partition coefficient (Wildman–Crippen LogP) is 3.87. The molecule has 0 saturated carbocycles. The number of hydrogen-bond acceptors (Lipinski definition) is 4. The van der Waals surface area contributed by atoms with Crippen LogP contribution in [0.1, 0.15) is 43.2 Å². The van der Waals surface area contributed by atoms with E-state index in [-0.39, 0.29) is 17.2 Å². The third kappa shape index (κ3) is 2.49. The monoisotopic (exact) mass is 324 g/mol. The minimum Gasteiger partial charge on any atom is -0.375 e. The third-order valence-corrected chi connectivity index (χ3v) is 5.71. The molecule has 1 N–H and O–H groups in total. The first-order valence-electron chi connectivity index (χ1n) is 7.18. The summed E-state index contributed by atoms with van der Waals surface area (Å²) in [5, 5.41) is 0.787. The average molecular weight is 324 g/mol. The smallest absolute Gasteiger partial charge is 0.263 e. The Morgan fingerprint density at radius 3 is 2.81 bits per heavy atom. The van der Waals surface area contributed by atoms with E-state index in [9.17, 15) is 4.79 Å². The molecular formula is C15H20N2O2S2. The molecule has 1 aliphatic rings. The molecule has 114 valence electrons. The van der Waals surface area contributed by atoms with Gasteiger partial charge >= 0.3 is 0 Å². The maximum absolute atomic E-state index is 12.9. The van der Waals surface area contributed by atoms with Gasteiger partial charge in [0.25, 0.3) is 5.56 Å². The minimum atomic E-state index is -0.210. The zero-order chi connectivity index (χ0) is 15.4. The quantitative estimate of drug-likeness (QED) is 0.810. The van der Waals surface area contributed by atoms with Crippen molar-refractivity contribution in [2.24, 2.45) is 0 Å². The Balaban J connectivity index is 2.21. The van der Waals surface area contributed by atoms with Crippen LogP contribution >= 0.6 is 23.6 Å². The minimum absolute atomic E-state index is 0.0401. The highest BCUT2D eigenvalue weighted by atomic mass is 32.1. The second-order valence-corrected chi connectivity index (χ2v) is 7.96. The summed E-state index contributed by atoms with van der Waals surface area (Å²) in [5.74, 6) is 0. The Hall–Kier alpha value is -0.980. The van der Waals surface area contributed by atoms with Gasteiger partial charge in [0.15, 0.2) is 4.77 Å². The van der Waals surface area contributed by atoms with Crippen LogP contribution in [0.2, 0.25) is 0 Å². The van der Waals surface area contributed by atoms with Gasteiger partial charge < -0.3 is 9.72 Å². The van der Waals surface area contributed by atoms with Crippen LogP contribution in [0.25, 0.3) is 10.2 Å². The second-order valence-electron chi connectivity index (χ2n) is 6.35. The molecular weight excluding hydrogens is 304 g/mol. The highest BCUT2D eigenvalue weighted by molar-refractivity contribution is 7.71. The van der Waals surface area contributed by atoms with Gasteiger partial charge in [0.1, 0.15) is 4.83 Å². The number of nitrogens with one attached hydrogen (secondary N) is 1. The van der Waals surface area contributed by atoms with Gasteiger partial charge in [-0.3, -0.25) is 9.36 Å². The largest absolute Gasteiger partial charge is 0.375 e. The van der Waals surface area contributed by atoms with Crippen LogP contribution in [0.3, 0.4) is 0 Å². The molecule has 0 amide bonds. The van der Waals surface area contributed by atoms with Crippen molar-refractivity contribution in [1.29, 1.82) is 0 Å². The van der Waals surface area contributed by atoms with Gasteiger partial charge in [0.2, 0.25) is 0 Å². The number of fused-ring (bicyclic) bond motifs is 1. The van der Waals surface area contributed by atoms with E-state index in [0.29, 0.717) is 11.4 Å². The highest BCUT2D eigenvalue weighted by Crippen LogP contribution is 2.32. The van der Waals surface area contributed by atoms with Crippen LogP contribution in [0.5, 0.6) is 0 Å². The summed E-state index contributed by atoms with van der Waals surface area (Å²) in [6, 6.07) is 0.106. The first kappa shape index (κ1) is 14.9. The predicted molar refractivity (Wildman–Crippen MR) is 89.0 cm³/mol. The number of H-pyrrole nitrogens is 1. The standard InChI is InChI=1S/C15H20N2O2S2/c1-8-9(2)21-12-11(8)13(18)17(14(20)16-12)10-5-6-19-15(3,4)7-10/h10H,5-7H2,1-4H3,(H,16,20). The molecule has 1 unspecified atom stereocenters. The normalized spacial score (nSPS) is 21.8. The molecule has 3 heterocycles. The van der Waals surface area contributed by atoms with E-state index in [0.717, 1.165) is 33.5 Å². The second kappa shape index (κ2) is 5.04. The summed E-state index contributed by atoms with van der Waals surface area (Å²) >= 11 is 7.05. The molecule has 2 aromatic heterocycles. The van der Waals surface area contributed by atoms with Gasteiger partial charge in [-0.1, -0.05) is 0 Å². The maximum atomic E-state index is 12.9. The van der Waals surface area contributed by atoms with Crippen LogP contribution in [0, 0.1) is 18.6 Å². The van der Waals surface area contributed by atoms with Crippen molar-refractivity contribution in [3.8, 4) is 0 Å². The molecule has 1 aliphatic heterocycles. The van der Waals surface area contributed by atoms with E-state index < -0.39 is 0 Å². The summed E-state index contributed by atoms with van der Waals surface area (Å²) < 4.78 is 8.04.